The van der Waals surface area contributed by atoms with E-state index < -0.39 is 0 Å². The summed E-state index contributed by atoms with van der Waals surface area (Å²) < 4.78 is 17.8. The number of benzene rings is 1. The molecule has 0 amide bonds. The lowest BCUT2D eigenvalue weighted by Gasteiger charge is -2.06. The third kappa shape index (κ3) is 3.17. The molecule has 0 bridgehead atoms. The minimum atomic E-state index is -0.362. The molecule has 0 spiro atoms. The Balaban J connectivity index is 2.50. The van der Waals surface area contributed by atoms with Crippen molar-refractivity contribution < 1.29 is 13.9 Å². The van der Waals surface area contributed by atoms with E-state index in [0.29, 0.717) is 5.75 Å². The third-order valence-corrected chi connectivity index (χ3v) is 1.82. The van der Waals surface area contributed by atoms with Gasteiger partial charge in [0.1, 0.15) is 18.2 Å². The second-order valence-corrected chi connectivity index (χ2v) is 3.37. The summed E-state index contributed by atoms with van der Waals surface area (Å²) in [6.45, 7) is 3.61. The number of ether oxygens (including phenoxy) is 1. The zero-order chi connectivity index (χ0) is 10.6. The number of ketones is 1. The molecule has 76 valence electrons. The number of halogens is 1. The van der Waals surface area contributed by atoms with Gasteiger partial charge in [-0.25, -0.2) is 4.39 Å². The maximum atomic E-state index is 12.7. The number of hydrogen-bond acceptors (Lipinski definition) is 2. The first-order valence-electron chi connectivity index (χ1n) is 4.50. The lowest BCUT2D eigenvalue weighted by atomic mass is 10.1. The Labute approximate surface area is 82.7 Å². The van der Waals surface area contributed by atoms with E-state index in [-0.39, 0.29) is 24.1 Å². The smallest absolute Gasteiger partial charge is 0.172 e. The van der Waals surface area contributed by atoms with Crippen LogP contribution in [0.5, 0.6) is 5.75 Å². The van der Waals surface area contributed by atoms with Crippen LogP contribution in [0, 0.1) is 11.7 Å². The van der Waals surface area contributed by atoms with Crippen LogP contribution in [0.1, 0.15) is 13.8 Å². The first-order valence-corrected chi connectivity index (χ1v) is 4.50. The second kappa shape index (κ2) is 4.74. The van der Waals surface area contributed by atoms with Gasteiger partial charge in [-0.3, -0.25) is 4.79 Å². The Bertz CT molecular complexity index is 321. The van der Waals surface area contributed by atoms with Crippen LogP contribution in [-0.2, 0) is 4.79 Å². The highest BCUT2D eigenvalue weighted by molar-refractivity contribution is 5.81. The van der Waals surface area contributed by atoms with E-state index in [0.717, 1.165) is 0 Å². The summed E-state index contributed by atoms with van der Waals surface area (Å²) in [5, 5.41) is 0. The molecule has 0 N–H and O–H groups in total. The summed E-state index contributed by atoms with van der Waals surface area (Å²) >= 11 is 0. The molecule has 0 fully saturated rings. The maximum absolute atomic E-state index is 12.7. The van der Waals surface area contributed by atoms with Gasteiger partial charge in [-0.15, -0.1) is 0 Å². The lowest BCUT2D eigenvalue weighted by molar-refractivity contribution is -0.123. The van der Waals surface area contributed by atoms with Crippen LogP contribution in [0.4, 0.5) is 4.39 Å². The van der Waals surface area contributed by atoms with E-state index in [4.69, 9.17) is 4.74 Å². The molecule has 0 unspecified atom stereocenters. The Morgan fingerprint density at radius 1 is 1.50 bits per heavy atom. The van der Waals surface area contributed by atoms with Crippen molar-refractivity contribution in [2.75, 3.05) is 6.61 Å². The number of rotatable bonds is 4. The van der Waals surface area contributed by atoms with Gasteiger partial charge in [-0.2, -0.15) is 0 Å². The normalized spacial score (nSPS) is 10.3. The van der Waals surface area contributed by atoms with E-state index in [1.807, 2.05) is 0 Å². The number of Topliss-reactive ketones (excluding diaryl/α,β-unsaturated/α-hetero) is 1. The Kier molecular flexibility index (Phi) is 3.63. The van der Waals surface area contributed by atoms with Crippen molar-refractivity contribution in [3.8, 4) is 5.75 Å². The highest BCUT2D eigenvalue weighted by atomic mass is 19.1. The van der Waals surface area contributed by atoms with Gasteiger partial charge in [0, 0.05) is 12.0 Å². The van der Waals surface area contributed by atoms with Gasteiger partial charge in [0.05, 0.1) is 0 Å². The van der Waals surface area contributed by atoms with Crippen molar-refractivity contribution in [3.63, 3.8) is 0 Å². The van der Waals surface area contributed by atoms with Crippen LogP contribution in [0.3, 0.4) is 0 Å². The van der Waals surface area contributed by atoms with E-state index >= 15 is 0 Å². The summed E-state index contributed by atoms with van der Waals surface area (Å²) in [5.74, 6) is -0.0173. The van der Waals surface area contributed by atoms with E-state index in [1.54, 1.807) is 26.0 Å². The van der Waals surface area contributed by atoms with Crippen molar-refractivity contribution >= 4 is 5.78 Å². The van der Waals surface area contributed by atoms with Crippen molar-refractivity contribution in [1.29, 1.82) is 0 Å². The molecule has 0 saturated carbocycles. The molecule has 0 aliphatic carbocycles. The Morgan fingerprint density at radius 3 is 2.79 bits per heavy atom. The highest BCUT2D eigenvalue weighted by Gasteiger charge is 2.07. The predicted molar refractivity (Wildman–Crippen MR) is 51.7 cm³/mol. The van der Waals surface area contributed by atoms with Gasteiger partial charge in [0.25, 0.3) is 0 Å². The largest absolute Gasteiger partial charge is 0.486 e. The fourth-order valence-electron chi connectivity index (χ4n) is 0.878. The molecule has 0 aliphatic heterocycles. The first kappa shape index (κ1) is 10.7. The van der Waals surface area contributed by atoms with E-state index in [2.05, 4.69) is 0 Å². The summed E-state index contributed by atoms with van der Waals surface area (Å²) in [6.07, 6.45) is 0. The standard InChI is InChI=1S/C11H13FO2/c1-8(2)11(13)7-14-10-5-3-4-9(12)6-10/h3-6,8H,7H2,1-2H3. The summed E-state index contributed by atoms with van der Waals surface area (Å²) in [4.78, 5) is 11.2. The van der Waals surface area contributed by atoms with Crippen LogP contribution in [0.25, 0.3) is 0 Å². The molecule has 0 aliphatic rings. The average Bonchev–Trinajstić information content (AvgIpc) is 2.14. The van der Waals surface area contributed by atoms with Crippen LogP contribution < -0.4 is 4.74 Å². The Morgan fingerprint density at radius 2 is 2.21 bits per heavy atom. The number of carbonyl (C=O) groups excluding carboxylic acids is 1. The van der Waals surface area contributed by atoms with Crippen molar-refractivity contribution in [1.82, 2.24) is 0 Å². The zero-order valence-electron chi connectivity index (χ0n) is 8.29. The van der Waals surface area contributed by atoms with Crippen LogP contribution >= 0.6 is 0 Å². The van der Waals surface area contributed by atoms with Gasteiger partial charge < -0.3 is 4.74 Å². The Hall–Kier alpha value is -1.38. The minimum Gasteiger partial charge on any atom is -0.486 e. The summed E-state index contributed by atoms with van der Waals surface area (Å²) in [5.41, 5.74) is 0. The summed E-state index contributed by atoms with van der Waals surface area (Å²) in [7, 11) is 0. The molecule has 14 heavy (non-hydrogen) atoms. The molecule has 1 aromatic rings. The molecule has 0 radical (unpaired) electrons. The highest BCUT2D eigenvalue weighted by Crippen LogP contribution is 2.12. The lowest BCUT2D eigenvalue weighted by Crippen LogP contribution is -2.16. The third-order valence-electron chi connectivity index (χ3n) is 1.82. The van der Waals surface area contributed by atoms with Gasteiger partial charge in [-0.1, -0.05) is 19.9 Å². The molecular weight excluding hydrogens is 183 g/mol. The molecule has 0 atom stereocenters. The molecule has 1 aromatic carbocycles. The van der Waals surface area contributed by atoms with Crippen molar-refractivity contribution in [2.24, 2.45) is 5.92 Å². The average molecular weight is 196 g/mol. The molecular formula is C11H13FO2. The number of hydrogen-bond donors (Lipinski definition) is 0. The van der Waals surface area contributed by atoms with Gasteiger partial charge in [0.15, 0.2) is 5.78 Å². The van der Waals surface area contributed by atoms with Gasteiger partial charge in [-0.05, 0) is 12.1 Å². The maximum Gasteiger partial charge on any atom is 0.172 e. The zero-order valence-corrected chi connectivity index (χ0v) is 8.29. The van der Waals surface area contributed by atoms with Gasteiger partial charge in [0.2, 0.25) is 0 Å². The molecule has 1 rings (SSSR count). The first-order chi connectivity index (χ1) is 6.59. The van der Waals surface area contributed by atoms with Crippen LogP contribution in [0.15, 0.2) is 24.3 Å². The molecule has 0 aromatic heterocycles. The predicted octanol–water partition coefficient (Wildman–Crippen LogP) is 2.43. The van der Waals surface area contributed by atoms with Crippen LogP contribution in [0.2, 0.25) is 0 Å². The quantitative estimate of drug-likeness (QED) is 0.739. The molecule has 0 saturated heterocycles. The number of carbonyl (C=O) groups is 1. The van der Waals surface area contributed by atoms with Crippen molar-refractivity contribution in [2.45, 2.75) is 13.8 Å². The van der Waals surface area contributed by atoms with Crippen molar-refractivity contribution in [3.05, 3.63) is 30.1 Å². The molecule has 2 nitrogen and oxygen atoms in total. The SMILES string of the molecule is CC(C)C(=O)COc1cccc(F)c1. The fourth-order valence-corrected chi connectivity index (χ4v) is 0.878. The topological polar surface area (TPSA) is 26.3 Å². The molecule has 0 heterocycles. The van der Waals surface area contributed by atoms with Crippen LogP contribution in [-0.4, -0.2) is 12.4 Å². The van der Waals surface area contributed by atoms with Gasteiger partial charge >= 0.3 is 0 Å². The minimum absolute atomic E-state index is 0.00111. The monoisotopic (exact) mass is 196 g/mol. The molecule has 3 heteroatoms. The van der Waals surface area contributed by atoms with E-state index in [1.165, 1.54) is 12.1 Å². The fraction of sp³-hybridized carbons (Fsp3) is 0.364. The summed E-state index contributed by atoms with van der Waals surface area (Å²) in [6, 6.07) is 5.76. The second-order valence-electron chi connectivity index (χ2n) is 3.37. The van der Waals surface area contributed by atoms with E-state index in [9.17, 15) is 9.18 Å².